The molecule has 0 radical (unpaired) electrons. The van der Waals surface area contributed by atoms with E-state index in [1.807, 2.05) is 0 Å². The molecule has 0 atom stereocenters. The maximum absolute atomic E-state index is 14.0. The van der Waals surface area contributed by atoms with Crippen molar-refractivity contribution in [1.82, 2.24) is 9.97 Å². The molecule has 0 amide bonds. The second kappa shape index (κ2) is 8.11. The molecule has 0 saturated heterocycles. The van der Waals surface area contributed by atoms with Gasteiger partial charge in [-0.05, 0) is 48.0 Å². The molecule has 162 valence electrons. The first kappa shape index (κ1) is 21.5. The van der Waals surface area contributed by atoms with E-state index in [1.165, 1.54) is 30.6 Å². The average Bonchev–Trinajstić information content (AvgIpc) is 2.78. The van der Waals surface area contributed by atoms with E-state index in [4.69, 9.17) is 0 Å². The van der Waals surface area contributed by atoms with Crippen LogP contribution < -0.4 is 0 Å². The molecule has 2 aromatic heterocycles. The first-order chi connectivity index (χ1) is 15.2. The maximum atomic E-state index is 14.0. The number of aromatic nitrogens is 2. The summed E-state index contributed by atoms with van der Waals surface area (Å²) in [5.41, 5.74) is -1.76. The summed E-state index contributed by atoms with van der Waals surface area (Å²) in [5, 5.41) is 0. The van der Waals surface area contributed by atoms with Gasteiger partial charge in [0.2, 0.25) is 0 Å². The van der Waals surface area contributed by atoms with Gasteiger partial charge in [-0.1, -0.05) is 30.3 Å². The Labute approximate surface area is 179 Å². The second-order valence-corrected chi connectivity index (χ2v) is 6.91. The predicted octanol–water partition coefficient (Wildman–Crippen LogP) is 7.52. The Balaban J connectivity index is 2.10. The molecule has 0 unspecified atom stereocenters. The van der Waals surface area contributed by atoms with Crippen molar-refractivity contribution < 1.29 is 26.3 Å². The van der Waals surface area contributed by atoms with Crippen molar-refractivity contribution in [3.05, 3.63) is 96.3 Å². The van der Waals surface area contributed by atoms with Crippen LogP contribution in [-0.2, 0) is 12.4 Å². The van der Waals surface area contributed by atoms with E-state index in [-0.39, 0.29) is 33.6 Å². The van der Waals surface area contributed by atoms with Crippen molar-refractivity contribution in [1.29, 1.82) is 0 Å². The van der Waals surface area contributed by atoms with Crippen molar-refractivity contribution in [2.45, 2.75) is 12.4 Å². The monoisotopic (exact) mass is 444 g/mol. The minimum absolute atomic E-state index is 0.0229. The zero-order valence-corrected chi connectivity index (χ0v) is 16.2. The van der Waals surface area contributed by atoms with E-state index in [0.717, 1.165) is 24.3 Å². The Morgan fingerprint density at radius 2 is 1.16 bits per heavy atom. The lowest BCUT2D eigenvalue weighted by molar-refractivity contribution is -0.138. The highest BCUT2D eigenvalue weighted by Gasteiger charge is 2.37. The summed E-state index contributed by atoms with van der Waals surface area (Å²) in [4.78, 5) is 8.24. The summed E-state index contributed by atoms with van der Waals surface area (Å²) in [7, 11) is 0. The van der Waals surface area contributed by atoms with E-state index >= 15 is 0 Å². The van der Waals surface area contributed by atoms with Gasteiger partial charge in [0.15, 0.2) is 0 Å². The second-order valence-electron chi connectivity index (χ2n) is 6.91. The number of benzene rings is 2. The molecule has 0 fully saturated rings. The molecule has 2 nitrogen and oxygen atoms in total. The lowest BCUT2D eigenvalue weighted by Crippen LogP contribution is -2.10. The van der Waals surface area contributed by atoms with Gasteiger partial charge in [-0.15, -0.1) is 0 Å². The number of hydrogen-bond donors (Lipinski definition) is 0. The third-order valence-corrected chi connectivity index (χ3v) is 4.87. The highest BCUT2D eigenvalue weighted by atomic mass is 19.4. The van der Waals surface area contributed by atoms with Crippen LogP contribution in [0.5, 0.6) is 0 Å². The van der Waals surface area contributed by atoms with Gasteiger partial charge in [0.05, 0.1) is 22.5 Å². The SMILES string of the molecule is FC(F)(F)c1ccc(-c2c(-c3ccccn3)cccc2C(F)(F)F)c(-c2ccccn2)c1. The zero-order valence-electron chi connectivity index (χ0n) is 16.2. The number of halogens is 6. The number of alkyl halides is 6. The van der Waals surface area contributed by atoms with E-state index in [0.29, 0.717) is 0 Å². The third kappa shape index (κ3) is 4.21. The molecule has 32 heavy (non-hydrogen) atoms. The third-order valence-electron chi connectivity index (χ3n) is 4.87. The first-order valence-electron chi connectivity index (χ1n) is 9.41. The molecule has 0 N–H and O–H groups in total. The Bertz CT molecular complexity index is 1230. The van der Waals surface area contributed by atoms with Crippen molar-refractivity contribution in [3.63, 3.8) is 0 Å². The summed E-state index contributed by atoms with van der Waals surface area (Å²) < 4.78 is 82.3. The van der Waals surface area contributed by atoms with Crippen LogP contribution in [0.3, 0.4) is 0 Å². The number of pyridine rings is 2. The molecule has 4 aromatic rings. The van der Waals surface area contributed by atoms with Crippen LogP contribution in [0.25, 0.3) is 33.6 Å². The van der Waals surface area contributed by atoms with Gasteiger partial charge in [0, 0.05) is 29.1 Å². The van der Waals surface area contributed by atoms with Crippen molar-refractivity contribution in [3.8, 4) is 33.6 Å². The topological polar surface area (TPSA) is 25.8 Å². The Morgan fingerprint density at radius 3 is 1.69 bits per heavy atom. The molecule has 0 saturated carbocycles. The molecule has 2 aromatic carbocycles. The van der Waals surface area contributed by atoms with E-state index in [9.17, 15) is 26.3 Å². The molecule has 4 rings (SSSR count). The van der Waals surface area contributed by atoms with Crippen LogP contribution in [0.4, 0.5) is 26.3 Å². The number of rotatable bonds is 3. The molecular weight excluding hydrogens is 430 g/mol. The number of hydrogen-bond acceptors (Lipinski definition) is 2. The summed E-state index contributed by atoms with van der Waals surface area (Å²) in [6.45, 7) is 0. The summed E-state index contributed by atoms with van der Waals surface area (Å²) in [6.07, 6.45) is -6.61. The zero-order chi connectivity index (χ0) is 22.9. The largest absolute Gasteiger partial charge is 0.417 e. The lowest BCUT2D eigenvalue weighted by Gasteiger charge is -2.20. The lowest BCUT2D eigenvalue weighted by atomic mass is 9.87. The molecule has 8 heteroatoms. The van der Waals surface area contributed by atoms with Gasteiger partial charge in [0.25, 0.3) is 0 Å². The predicted molar refractivity (Wildman–Crippen MR) is 108 cm³/mol. The van der Waals surface area contributed by atoms with Gasteiger partial charge in [-0.3, -0.25) is 9.97 Å². The van der Waals surface area contributed by atoms with Crippen molar-refractivity contribution in [2.24, 2.45) is 0 Å². The van der Waals surface area contributed by atoms with Crippen LogP contribution in [0.1, 0.15) is 11.1 Å². The van der Waals surface area contributed by atoms with Crippen molar-refractivity contribution in [2.75, 3.05) is 0 Å². The van der Waals surface area contributed by atoms with Gasteiger partial charge in [-0.2, -0.15) is 26.3 Å². The molecular formula is C24H14F6N2. The fourth-order valence-corrected chi connectivity index (χ4v) is 3.49. The van der Waals surface area contributed by atoms with Crippen LogP contribution in [0.2, 0.25) is 0 Å². The van der Waals surface area contributed by atoms with Crippen LogP contribution >= 0.6 is 0 Å². The molecule has 2 heterocycles. The van der Waals surface area contributed by atoms with E-state index in [2.05, 4.69) is 9.97 Å². The highest BCUT2D eigenvalue weighted by molar-refractivity contribution is 5.92. The standard InChI is InChI=1S/C24H14F6N2/c25-23(26,27)15-10-11-16(18(14-15)21-9-2-4-13-32-21)22-17(20-8-1-3-12-31-20)6-5-7-19(22)24(28,29)30/h1-14H. The minimum Gasteiger partial charge on any atom is -0.256 e. The van der Waals surface area contributed by atoms with Crippen molar-refractivity contribution >= 4 is 0 Å². The van der Waals surface area contributed by atoms with Gasteiger partial charge < -0.3 is 0 Å². The van der Waals surface area contributed by atoms with Crippen LogP contribution in [0.15, 0.2) is 85.2 Å². The summed E-state index contributed by atoms with van der Waals surface area (Å²) in [5.74, 6) is 0. The smallest absolute Gasteiger partial charge is 0.256 e. The van der Waals surface area contributed by atoms with E-state index in [1.54, 1.807) is 30.3 Å². The van der Waals surface area contributed by atoms with Gasteiger partial charge in [-0.25, -0.2) is 0 Å². The quantitative estimate of drug-likeness (QED) is 0.306. The Hall–Kier alpha value is -3.68. The Kier molecular flexibility index (Phi) is 5.46. The first-order valence-corrected chi connectivity index (χ1v) is 9.41. The molecule has 0 aliphatic carbocycles. The number of nitrogens with zero attached hydrogens (tertiary/aromatic N) is 2. The fraction of sp³-hybridized carbons (Fsp3) is 0.0833. The fourth-order valence-electron chi connectivity index (χ4n) is 3.49. The van der Waals surface area contributed by atoms with Gasteiger partial charge >= 0.3 is 12.4 Å². The molecule has 0 aliphatic heterocycles. The maximum Gasteiger partial charge on any atom is 0.417 e. The molecule has 0 aliphatic rings. The minimum atomic E-state index is -4.75. The van der Waals surface area contributed by atoms with Crippen LogP contribution in [0, 0.1) is 0 Å². The van der Waals surface area contributed by atoms with Gasteiger partial charge in [0.1, 0.15) is 0 Å². The van der Waals surface area contributed by atoms with Crippen LogP contribution in [-0.4, -0.2) is 9.97 Å². The Morgan fingerprint density at radius 1 is 0.531 bits per heavy atom. The molecule has 0 spiro atoms. The van der Waals surface area contributed by atoms with E-state index < -0.39 is 23.5 Å². The summed E-state index contributed by atoms with van der Waals surface area (Å²) in [6, 6.07) is 15.6. The summed E-state index contributed by atoms with van der Waals surface area (Å²) >= 11 is 0. The highest BCUT2D eigenvalue weighted by Crippen LogP contribution is 2.46. The normalized spacial score (nSPS) is 12.1. The average molecular weight is 444 g/mol. The molecule has 0 bridgehead atoms.